The van der Waals surface area contributed by atoms with E-state index in [9.17, 15) is 9.90 Å². The van der Waals surface area contributed by atoms with Crippen molar-refractivity contribution in [2.45, 2.75) is 44.9 Å². The van der Waals surface area contributed by atoms with Gasteiger partial charge in [-0.2, -0.15) is 0 Å². The van der Waals surface area contributed by atoms with E-state index in [4.69, 9.17) is 23.2 Å². The van der Waals surface area contributed by atoms with Crippen LogP contribution in [0.4, 0.5) is 5.69 Å². The number of likely N-dealkylation sites (tertiary alicyclic amines) is 1. The van der Waals surface area contributed by atoms with Gasteiger partial charge >= 0.3 is 0 Å². The largest absolute Gasteiger partial charge is 0.505 e. The van der Waals surface area contributed by atoms with Crippen LogP contribution >= 0.6 is 23.2 Å². The third-order valence-electron chi connectivity index (χ3n) is 7.36. The lowest BCUT2D eigenvalue weighted by molar-refractivity contribution is -0.116. The third kappa shape index (κ3) is 6.42. The van der Waals surface area contributed by atoms with Gasteiger partial charge < -0.3 is 14.9 Å². The molecule has 3 aromatic carbocycles. The number of aromatic hydroxyl groups is 1. The minimum Gasteiger partial charge on any atom is -0.505 e. The number of nitrogens with zero attached hydrogens (tertiary/aromatic N) is 2. The van der Waals surface area contributed by atoms with Gasteiger partial charge in [0.2, 0.25) is 5.91 Å². The minimum atomic E-state index is -0.107. The van der Waals surface area contributed by atoms with Crippen molar-refractivity contribution in [2.24, 2.45) is 0 Å². The monoisotopic (exact) mass is 524 g/mol. The quantitative estimate of drug-likeness (QED) is 0.333. The van der Waals surface area contributed by atoms with E-state index in [-0.39, 0.29) is 17.6 Å². The highest BCUT2D eigenvalue weighted by Gasteiger charge is 2.25. The Bertz CT molecular complexity index is 1180. The number of para-hydroxylation sites is 1. The van der Waals surface area contributed by atoms with Crippen LogP contribution < -0.4 is 4.90 Å². The molecule has 0 saturated carbocycles. The number of anilines is 1. The summed E-state index contributed by atoms with van der Waals surface area (Å²) in [5.41, 5.74) is 3.75. The lowest BCUT2D eigenvalue weighted by Crippen LogP contribution is -2.37. The van der Waals surface area contributed by atoms with Crippen LogP contribution in [0.5, 0.6) is 5.75 Å². The molecule has 1 atom stereocenters. The van der Waals surface area contributed by atoms with Crippen LogP contribution in [-0.4, -0.2) is 42.1 Å². The average molecular weight is 526 g/mol. The van der Waals surface area contributed by atoms with Crippen molar-refractivity contribution >= 4 is 34.8 Å². The highest BCUT2D eigenvalue weighted by atomic mass is 35.5. The minimum absolute atomic E-state index is 0.0374. The molecule has 0 radical (unpaired) electrons. The van der Waals surface area contributed by atoms with Crippen LogP contribution in [0.15, 0.2) is 66.7 Å². The molecule has 1 N–H and O–H groups in total. The van der Waals surface area contributed by atoms with Gasteiger partial charge in [-0.3, -0.25) is 4.79 Å². The summed E-state index contributed by atoms with van der Waals surface area (Å²) in [5, 5.41) is 11.7. The lowest BCUT2D eigenvalue weighted by atomic mass is 9.89. The van der Waals surface area contributed by atoms with Gasteiger partial charge in [-0.1, -0.05) is 71.7 Å². The number of hydrogen-bond donors (Lipinski definition) is 1. The first-order chi connectivity index (χ1) is 17.3. The van der Waals surface area contributed by atoms with Crippen LogP contribution in [0.1, 0.15) is 54.7 Å². The van der Waals surface area contributed by atoms with E-state index in [0.29, 0.717) is 28.2 Å². The zero-order valence-electron chi connectivity index (χ0n) is 21.0. The molecule has 1 heterocycles. The molecule has 1 amide bonds. The van der Waals surface area contributed by atoms with Crippen molar-refractivity contribution in [2.75, 3.05) is 31.1 Å². The van der Waals surface area contributed by atoms with E-state index >= 15 is 0 Å². The zero-order valence-corrected chi connectivity index (χ0v) is 22.5. The molecular formula is C30H34Cl2N2O2. The highest BCUT2D eigenvalue weighted by molar-refractivity contribution is 6.42. The summed E-state index contributed by atoms with van der Waals surface area (Å²) in [4.78, 5) is 16.9. The fraction of sp³-hybridized carbons (Fsp3) is 0.367. The maximum absolute atomic E-state index is 12.7. The number of piperidine rings is 1. The normalized spacial score (nSPS) is 15.6. The Morgan fingerprint density at radius 3 is 2.42 bits per heavy atom. The van der Waals surface area contributed by atoms with Crippen LogP contribution in [0.2, 0.25) is 10.0 Å². The fourth-order valence-electron chi connectivity index (χ4n) is 5.16. The third-order valence-corrected chi connectivity index (χ3v) is 8.10. The molecule has 1 fully saturated rings. The smallest absolute Gasteiger partial charge is 0.223 e. The fourth-order valence-corrected chi connectivity index (χ4v) is 5.47. The van der Waals surface area contributed by atoms with Crippen LogP contribution in [0.25, 0.3) is 0 Å². The second-order valence-electron chi connectivity index (χ2n) is 9.76. The van der Waals surface area contributed by atoms with E-state index in [1.165, 1.54) is 5.56 Å². The van der Waals surface area contributed by atoms with E-state index in [2.05, 4.69) is 35.2 Å². The summed E-state index contributed by atoms with van der Waals surface area (Å²) in [6.45, 7) is 6.88. The number of phenols is 1. The molecule has 1 aliphatic heterocycles. The number of carbonyl (C=O) groups is 1. The standard InChI is InChI=1S/C30H34Cl2N2O2/c1-21-7-6-10-29(30(21)36)34(22(2)35)20-26(25-11-12-27(31)28(32)19-25)15-18-33-16-13-24(14-17-33)23-8-4-3-5-9-23/h3-12,19,24,26,36H,13-18,20H2,1-2H3. The molecule has 1 unspecified atom stereocenters. The summed E-state index contributed by atoms with van der Waals surface area (Å²) in [7, 11) is 0. The topological polar surface area (TPSA) is 43.8 Å². The van der Waals surface area contributed by atoms with E-state index in [1.54, 1.807) is 17.9 Å². The molecule has 190 valence electrons. The number of rotatable bonds is 8. The molecular weight excluding hydrogens is 491 g/mol. The van der Waals surface area contributed by atoms with Crippen LogP contribution in [0, 0.1) is 6.92 Å². The van der Waals surface area contributed by atoms with E-state index in [1.807, 2.05) is 37.3 Å². The summed E-state index contributed by atoms with van der Waals surface area (Å²) in [5.74, 6) is 0.689. The lowest BCUT2D eigenvalue weighted by Gasteiger charge is -2.34. The predicted molar refractivity (Wildman–Crippen MR) is 150 cm³/mol. The van der Waals surface area contributed by atoms with Crippen molar-refractivity contribution in [3.63, 3.8) is 0 Å². The first-order valence-electron chi connectivity index (χ1n) is 12.6. The zero-order chi connectivity index (χ0) is 25.7. The van der Waals surface area contributed by atoms with Crippen LogP contribution in [0.3, 0.4) is 0 Å². The molecule has 0 spiro atoms. The highest BCUT2D eigenvalue weighted by Crippen LogP contribution is 2.35. The number of phenolic OH excluding ortho intramolecular Hbond substituents is 1. The van der Waals surface area contributed by atoms with Gasteiger partial charge in [-0.25, -0.2) is 0 Å². The molecule has 0 bridgehead atoms. The molecule has 4 rings (SSSR count). The summed E-state index contributed by atoms with van der Waals surface area (Å²) in [6, 6.07) is 22.0. The van der Waals surface area contributed by atoms with Gasteiger partial charge in [0.15, 0.2) is 0 Å². The maximum Gasteiger partial charge on any atom is 0.223 e. The Kier molecular flexibility index (Phi) is 8.95. The van der Waals surface area contributed by atoms with Crippen molar-refractivity contribution in [1.82, 2.24) is 4.90 Å². The second kappa shape index (κ2) is 12.1. The number of carbonyl (C=O) groups excluding carboxylic acids is 1. The predicted octanol–water partition coefficient (Wildman–Crippen LogP) is 7.41. The number of amides is 1. The molecule has 1 aliphatic rings. The number of aryl methyl sites for hydroxylation is 1. The Labute approximate surface area is 224 Å². The molecule has 0 aliphatic carbocycles. The molecule has 3 aromatic rings. The van der Waals surface area contributed by atoms with Gasteiger partial charge in [0, 0.05) is 19.4 Å². The summed E-state index contributed by atoms with van der Waals surface area (Å²) < 4.78 is 0. The van der Waals surface area contributed by atoms with Crippen molar-refractivity contribution in [1.29, 1.82) is 0 Å². The van der Waals surface area contributed by atoms with Crippen molar-refractivity contribution < 1.29 is 9.90 Å². The maximum atomic E-state index is 12.7. The number of hydrogen-bond acceptors (Lipinski definition) is 3. The van der Waals surface area contributed by atoms with E-state index in [0.717, 1.165) is 50.0 Å². The summed E-state index contributed by atoms with van der Waals surface area (Å²) >= 11 is 12.6. The number of halogens is 2. The van der Waals surface area contributed by atoms with Crippen LogP contribution in [-0.2, 0) is 4.79 Å². The van der Waals surface area contributed by atoms with Gasteiger partial charge in [0.1, 0.15) is 5.75 Å². The van der Waals surface area contributed by atoms with E-state index < -0.39 is 0 Å². The Morgan fingerprint density at radius 2 is 1.75 bits per heavy atom. The van der Waals surface area contributed by atoms with Gasteiger partial charge in [0.25, 0.3) is 0 Å². The molecule has 36 heavy (non-hydrogen) atoms. The molecule has 4 nitrogen and oxygen atoms in total. The molecule has 0 aromatic heterocycles. The molecule has 1 saturated heterocycles. The van der Waals surface area contributed by atoms with Crippen molar-refractivity contribution in [3.8, 4) is 5.75 Å². The second-order valence-corrected chi connectivity index (χ2v) is 10.6. The number of benzene rings is 3. The summed E-state index contributed by atoms with van der Waals surface area (Å²) in [6.07, 6.45) is 3.17. The Balaban J connectivity index is 1.50. The van der Waals surface area contributed by atoms with Crippen molar-refractivity contribution in [3.05, 3.63) is 93.5 Å². The Morgan fingerprint density at radius 1 is 1.03 bits per heavy atom. The molecule has 6 heteroatoms. The SMILES string of the molecule is CC(=O)N(CC(CCN1CCC(c2ccccc2)CC1)c1ccc(Cl)c(Cl)c1)c1cccc(C)c1O. The van der Waals surface area contributed by atoms with Gasteiger partial charge in [0.05, 0.1) is 15.7 Å². The van der Waals surface area contributed by atoms with Gasteiger partial charge in [-0.15, -0.1) is 0 Å². The average Bonchev–Trinajstić information content (AvgIpc) is 2.88. The first-order valence-corrected chi connectivity index (χ1v) is 13.4. The first kappa shape index (κ1) is 26.5. The Hall–Kier alpha value is -2.53. The van der Waals surface area contributed by atoms with Gasteiger partial charge in [-0.05, 0) is 86.6 Å².